The summed E-state index contributed by atoms with van der Waals surface area (Å²) in [6, 6.07) is 12.4. The molecule has 3 rings (SSSR count). The zero-order valence-corrected chi connectivity index (χ0v) is 15.7. The fraction of sp³-hybridized carbons (Fsp3) is 0.125. The maximum Gasteiger partial charge on any atom is 0.573 e. The van der Waals surface area contributed by atoms with Crippen LogP contribution in [0.15, 0.2) is 58.5 Å². The van der Waals surface area contributed by atoms with Gasteiger partial charge in [-0.3, -0.25) is 0 Å². The SMILES string of the molecule is FC(F)(F)Oc1ccc(Sc2nc3ccccc3nc2C(Cl)(Cl)Cl)cc1. The molecule has 0 atom stereocenters. The highest BCUT2D eigenvalue weighted by Crippen LogP contribution is 2.43. The van der Waals surface area contributed by atoms with Crippen LogP contribution in [0.3, 0.4) is 0 Å². The van der Waals surface area contributed by atoms with Crippen LogP contribution in [0.2, 0.25) is 0 Å². The lowest BCUT2D eigenvalue weighted by molar-refractivity contribution is -0.274. The number of hydrogen-bond acceptors (Lipinski definition) is 4. The average Bonchev–Trinajstić information content (AvgIpc) is 2.54. The summed E-state index contributed by atoms with van der Waals surface area (Å²) in [5.74, 6) is -0.326. The topological polar surface area (TPSA) is 35.0 Å². The first-order valence-corrected chi connectivity index (χ1v) is 8.94. The molecule has 2 aromatic carbocycles. The lowest BCUT2D eigenvalue weighted by Crippen LogP contribution is -2.16. The Morgan fingerprint density at radius 1 is 0.846 bits per heavy atom. The number of ether oxygens (including phenoxy) is 1. The Balaban J connectivity index is 1.95. The largest absolute Gasteiger partial charge is 0.573 e. The Labute approximate surface area is 165 Å². The van der Waals surface area contributed by atoms with Crippen molar-refractivity contribution in [3.8, 4) is 5.75 Å². The van der Waals surface area contributed by atoms with Crippen molar-refractivity contribution in [3.05, 3.63) is 54.2 Å². The first kappa shape index (κ1) is 19.4. The molecule has 0 bridgehead atoms. The molecule has 3 aromatic rings. The van der Waals surface area contributed by atoms with E-state index in [2.05, 4.69) is 14.7 Å². The molecule has 0 saturated carbocycles. The fourth-order valence-corrected chi connectivity index (χ4v) is 3.56. The highest BCUT2D eigenvalue weighted by molar-refractivity contribution is 7.99. The predicted octanol–water partition coefficient (Wildman–Crippen LogP) is 6.51. The van der Waals surface area contributed by atoms with E-state index >= 15 is 0 Å². The summed E-state index contributed by atoms with van der Waals surface area (Å²) >= 11 is 19.1. The second-order valence-electron chi connectivity index (χ2n) is 4.99. The maximum absolute atomic E-state index is 12.2. The van der Waals surface area contributed by atoms with Gasteiger partial charge in [0, 0.05) is 4.90 Å². The minimum atomic E-state index is -4.75. The normalized spacial score (nSPS) is 12.4. The Kier molecular flexibility index (Phi) is 5.44. The molecular formula is C16H8Cl3F3N2OS. The van der Waals surface area contributed by atoms with Gasteiger partial charge in [-0.05, 0) is 36.4 Å². The van der Waals surface area contributed by atoms with Gasteiger partial charge in [-0.15, -0.1) is 13.2 Å². The molecular weight excluding hydrogens is 432 g/mol. The molecule has 0 spiro atoms. The average molecular weight is 440 g/mol. The van der Waals surface area contributed by atoms with Crippen molar-refractivity contribution in [1.82, 2.24) is 9.97 Å². The molecule has 1 aromatic heterocycles. The van der Waals surface area contributed by atoms with E-state index in [0.717, 1.165) is 11.8 Å². The van der Waals surface area contributed by atoms with Gasteiger partial charge in [0.2, 0.25) is 3.79 Å². The van der Waals surface area contributed by atoms with E-state index in [1.165, 1.54) is 24.3 Å². The second-order valence-corrected chi connectivity index (χ2v) is 8.33. The van der Waals surface area contributed by atoms with Crippen LogP contribution in [0.4, 0.5) is 13.2 Å². The number of para-hydroxylation sites is 2. The van der Waals surface area contributed by atoms with E-state index in [1.807, 2.05) is 0 Å². The van der Waals surface area contributed by atoms with Crippen LogP contribution < -0.4 is 4.74 Å². The third-order valence-electron chi connectivity index (χ3n) is 3.08. The van der Waals surface area contributed by atoms with Crippen molar-refractivity contribution in [3.63, 3.8) is 0 Å². The molecule has 0 saturated heterocycles. The molecule has 3 nitrogen and oxygen atoms in total. The number of benzene rings is 2. The summed E-state index contributed by atoms with van der Waals surface area (Å²) in [5.41, 5.74) is 1.30. The summed E-state index contributed by atoms with van der Waals surface area (Å²) in [6.07, 6.45) is -4.75. The number of fused-ring (bicyclic) bond motifs is 1. The minimum Gasteiger partial charge on any atom is -0.406 e. The van der Waals surface area contributed by atoms with E-state index in [9.17, 15) is 13.2 Å². The molecule has 0 N–H and O–H groups in total. The predicted molar refractivity (Wildman–Crippen MR) is 96.0 cm³/mol. The molecule has 10 heteroatoms. The van der Waals surface area contributed by atoms with Crippen molar-refractivity contribution in [2.24, 2.45) is 0 Å². The smallest absolute Gasteiger partial charge is 0.406 e. The highest BCUT2D eigenvalue weighted by Gasteiger charge is 2.32. The fourth-order valence-electron chi connectivity index (χ4n) is 2.06. The van der Waals surface area contributed by atoms with Crippen LogP contribution in [-0.2, 0) is 3.79 Å². The zero-order chi connectivity index (χ0) is 18.9. The van der Waals surface area contributed by atoms with Gasteiger partial charge in [0.25, 0.3) is 0 Å². The molecule has 1 heterocycles. The van der Waals surface area contributed by atoms with E-state index in [1.54, 1.807) is 24.3 Å². The molecule has 0 unspecified atom stereocenters. The van der Waals surface area contributed by atoms with Crippen LogP contribution in [0.25, 0.3) is 11.0 Å². The number of halogens is 6. The number of nitrogens with zero attached hydrogens (tertiary/aromatic N) is 2. The van der Waals surface area contributed by atoms with Crippen LogP contribution in [-0.4, -0.2) is 16.3 Å². The van der Waals surface area contributed by atoms with Gasteiger partial charge in [-0.25, -0.2) is 9.97 Å². The minimum absolute atomic E-state index is 0.141. The third-order valence-corrected chi connectivity index (χ3v) is 4.60. The van der Waals surface area contributed by atoms with E-state index in [-0.39, 0.29) is 11.4 Å². The van der Waals surface area contributed by atoms with Crippen molar-refractivity contribution >= 4 is 57.6 Å². The summed E-state index contributed by atoms with van der Waals surface area (Å²) < 4.78 is 38.7. The highest BCUT2D eigenvalue weighted by atomic mass is 35.6. The Bertz CT molecular complexity index is 931. The van der Waals surface area contributed by atoms with Gasteiger partial charge < -0.3 is 4.74 Å². The van der Waals surface area contributed by atoms with Crippen molar-refractivity contribution in [2.45, 2.75) is 20.1 Å². The first-order chi connectivity index (χ1) is 12.1. The van der Waals surface area contributed by atoms with Gasteiger partial charge in [-0.2, -0.15) is 0 Å². The summed E-state index contributed by atoms with van der Waals surface area (Å²) in [5, 5.41) is 0.341. The van der Waals surface area contributed by atoms with Crippen molar-refractivity contribution < 1.29 is 17.9 Å². The zero-order valence-electron chi connectivity index (χ0n) is 12.6. The molecule has 0 aliphatic heterocycles. The molecule has 0 fully saturated rings. The Morgan fingerprint density at radius 3 is 1.96 bits per heavy atom. The molecule has 0 amide bonds. The summed E-state index contributed by atoms with van der Waals surface area (Å²) in [7, 11) is 0. The van der Waals surface area contributed by atoms with Crippen LogP contribution in [0.5, 0.6) is 5.75 Å². The van der Waals surface area contributed by atoms with E-state index < -0.39 is 10.2 Å². The lowest BCUT2D eigenvalue weighted by Gasteiger charge is -2.15. The monoisotopic (exact) mass is 438 g/mol. The van der Waals surface area contributed by atoms with Gasteiger partial charge in [0.05, 0.1) is 11.0 Å². The summed E-state index contributed by atoms with van der Waals surface area (Å²) in [6.45, 7) is 0. The quantitative estimate of drug-likeness (QED) is 0.436. The van der Waals surface area contributed by atoms with Gasteiger partial charge >= 0.3 is 6.36 Å². The van der Waals surface area contributed by atoms with Crippen molar-refractivity contribution in [1.29, 1.82) is 0 Å². The van der Waals surface area contributed by atoms with E-state index in [0.29, 0.717) is 21.0 Å². The van der Waals surface area contributed by atoms with Gasteiger partial charge in [0.1, 0.15) is 16.5 Å². The number of alkyl halides is 6. The Morgan fingerprint density at radius 2 is 1.42 bits per heavy atom. The van der Waals surface area contributed by atoms with Gasteiger partial charge in [-0.1, -0.05) is 58.7 Å². The number of hydrogen-bond donors (Lipinski definition) is 0. The molecule has 0 aliphatic carbocycles. The Hall–Kier alpha value is -1.41. The standard InChI is InChI=1S/C16H8Cl3F3N2OS/c17-15(18,19)13-14(24-12-4-2-1-3-11(12)23-13)26-10-7-5-9(6-8-10)25-16(20,21)22/h1-8H. The molecule has 26 heavy (non-hydrogen) atoms. The number of rotatable bonds is 3. The molecule has 0 radical (unpaired) electrons. The first-order valence-electron chi connectivity index (χ1n) is 6.99. The lowest BCUT2D eigenvalue weighted by atomic mass is 10.3. The molecule has 0 aliphatic rings. The van der Waals surface area contributed by atoms with E-state index in [4.69, 9.17) is 34.8 Å². The second kappa shape index (κ2) is 7.31. The third kappa shape index (κ3) is 4.85. The number of aromatic nitrogens is 2. The summed E-state index contributed by atoms with van der Waals surface area (Å²) in [4.78, 5) is 9.39. The van der Waals surface area contributed by atoms with Crippen LogP contribution in [0, 0.1) is 0 Å². The van der Waals surface area contributed by atoms with Crippen molar-refractivity contribution in [2.75, 3.05) is 0 Å². The van der Waals surface area contributed by atoms with Crippen LogP contribution in [0.1, 0.15) is 5.69 Å². The van der Waals surface area contributed by atoms with Crippen LogP contribution >= 0.6 is 46.6 Å². The van der Waals surface area contributed by atoms with Gasteiger partial charge in [0.15, 0.2) is 0 Å². The molecule has 136 valence electrons. The maximum atomic E-state index is 12.2.